The maximum absolute atomic E-state index is 10.9. The molecule has 2 N–H and O–H groups in total. The minimum atomic E-state index is -3.68. The molecule has 1 aromatic rings. The summed E-state index contributed by atoms with van der Waals surface area (Å²) in [6.45, 7) is 1.30. The Balaban J connectivity index is 2.25. The van der Waals surface area contributed by atoms with Gasteiger partial charge in [0.25, 0.3) is 10.0 Å². The molecule has 1 aliphatic heterocycles. The Hall–Kier alpha value is -0.920. The van der Waals surface area contributed by atoms with Crippen LogP contribution in [0.2, 0.25) is 0 Å². The first-order valence-corrected chi connectivity index (χ1v) is 5.76. The van der Waals surface area contributed by atoms with Crippen molar-refractivity contribution in [3.63, 3.8) is 0 Å². The third-order valence-corrected chi connectivity index (χ3v) is 2.99. The van der Waals surface area contributed by atoms with Gasteiger partial charge in [-0.15, -0.1) is 0 Å². The van der Waals surface area contributed by atoms with Gasteiger partial charge < -0.3 is 9.30 Å². The van der Waals surface area contributed by atoms with Gasteiger partial charge in [0.2, 0.25) is 0 Å². The third-order valence-electron chi connectivity index (χ3n) is 2.20. The third kappa shape index (κ3) is 1.79. The highest BCUT2D eigenvalue weighted by molar-refractivity contribution is 7.89. The molecule has 1 saturated heterocycles. The number of imidazole rings is 1. The maximum atomic E-state index is 10.9. The van der Waals surface area contributed by atoms with E-state index in [2.05, 4.69) is 4.98 Å². The first kappa shape index (κ1) is 9.63. The standard InChI is InChI=1S/C7H11N3O3S/c8-14(11,12)7-3-10(5-9-7)6-1-2-13-4-6/h3,5-6H,1-2,4H2,(H2,8,11,12). The summed E-state index contributed by atoms with van der Waals surface area (Å²) >= 11 is 0. The van der Waals surface area contributed by atoms with Gasteiger partial charge in [0.05, 0.1) is 19.0 Å². The zero-order valence-corrected chi connectivity index (χ0v) is 8.27. The van der Waals surface area contributed by atoms with Gasteiger partial charge in [0, 0.05) is 12.8 Å². The minimum absolute atomic E-state index is 0.0931. The van der Waals surface area contributed by atoms with Gasteiger partial charge in [-0.25, -0.2) is 18.5 Å². The highest BCUT2D eigenvalue weighted by Crippen LogP contribution is 2.19. The number of sulfonamides is 1. The van der Waals surface area contributed by atoms with E-state index < -0.39 is 10.0 Å². The van der Waals surface area contributed by atoms with Gasteiger partial charge in [0.15, 0.2) is 5.03 Å². The average Bonchev–Trinajstić information content (AvgIpc) is 2.73. The van der Waals surface area contributed by atoms with Crippen LogP contribution in [0.3, 0.4) is 0 Å². The quantitative estimate of drug-likeness (QED) is 0.722. The van der Waals surface area contributed by atoms with Crippen LogP contribution in [0.1, 0.15) is 12.5 Å². The molecule has 0 aliphatic carbocycles. The molecular weight excluding hydrogens is 206 g/mol. The van der Waals surface area contributed by atoms with Gasteiger partial charge in [0.1, 0.15) is 0 Å². The lowest BCUT2D eigenvalue weighted by molar-refractivity contribution is 0.186. The smallest absolute Gasteiger partial charge is 0.257 e. The number of primary sulfonamides is 1. The van der Waals surface area contributed by atoms with Crippen LogP contribution < -0.4 is 5.14 Å². The Labute approximate surface area is 81.7 Å². The van der Waals surface area contributed by atoms with E-state index in [-0.39, 0.29) is 11.1 Å². The number of nitrogens with zero attached hydrogens (tertiary/aromatic N) is 2. The summed E-state index contributed by atoms with van der Waals surface area (Å²) in [5.41, 5.74) is 0. The van der Waals surface area contributed by atoms with Crippen molar-refractivity contribution in [3.8, 4) is 0 Å². The van der Waals surface area contributed by atoms with E-state index >= 15 is 0 Å². The van der Waals surface area contributed by atoms with E-state index in [0.717, 1.165) is 6.42 Å². The predicted molar refractivity (Wildman–Crippen MR) is 48.1 cm³/mol. The molecule has 0 aromatic carbocycles. The summed E-state index contributed by atoms with van der Waals surface area (Å²) in [4.78, 5) is 3.73. The Morgan fingerprint density at radius 3 is 2.93 bits per heavy atom. The maximum Gasteiger partial charge on any atom is 0.257 e. The molecule has 0 bridgehead atoms. The van der Waals surface area contributed by atoms with Crippen molar-refractivity contribution in [1.29, 1.82) is 0 Å². The van der Waals surface area contributed by atoms with Crippen LogP contribution in [0.15, 0.2) is 17.6 Å². The highest BCUT2D eigenvalue weighted by Gasteiger charge is 2.19. The molecule has 1 unspecified atom stereocenters. The van der Waals surface area contributed by atoms with Crippen molar-refractivity contribution in [2.75, 3.05) is 13.2 Å². The first-order chi connectivity index (χ1) is 6.57. The van der Waals surface area contributed by atoms with Gasteiger partial charge in [-0.2, -0.15) is 0 Å². The number of rotatable bonds is 2. The van der Waals surface area contributed by atoms with Crippen molar-refractivity contribution >= 4 is 10.0 Å². The normalized spacial score (nSPS) is 22.8. The Bertz CT molecular complexity index is 419. The molecular formula is C7H11N3O3S. The lowest BCUT2D eigenvalue weighted by Gasteiger charge is -2.07. The van der Waals surface area contributed by atoms with E-state index in [9.17, 15) is 8.42 Å². The van der Waals surface area contributed by atoms with E-state index in [1.54, 1.807) is 4.57 Å². The molecule has 2 heterocycles. The Morgan fingerprint density at radius 2 is 2.43 bits per heavy atom. The summed E-state index contributed by atoms with van der Waals surface area (Å²) < 4.78 is 28.8. The summed E-state index contributed by atoms with van der Waals surface area (Å²) in [6, 6.07) is 0.179. The fourth-order valence-electron chi connectivity index (χ4n) is 1.42. The fraction of sp³-hybridized carbons (Fsp3) is 0.571. The average molecular weight is 217 g/mol. The zero-order chi connectivity index (χ0) is 10.2. The van der Waals surface area contributed by atoms with Crippen LogP contribution in [0, 0.1) is 0 Å². The van der Waals surface area contributed by atoms with Crippen LogP contribution in [0.5, 0.6) is 0 Å². The monoisotopic (exact) mass is 217 g/mol. The number of hydrogen-bond donors (Lipinski definition) is 1. The molecule has 0 radical (unpaired) electrons. The first-order valence-electron chi connectivity index (χ1n) is 4.21. The lowest BCUT2D eigenvalue weighted by Crippen LogP contribution is -2.12. The Morgan fingerprint density at radius 1 is 1.64 bits per heavy atom. The van der Waals surface area contributed by atoms with Crippen LogP contribution in [-0.2, 0) is 14.8 Å². The summed E-state index contributed by atoms with van der Waals surface area (Å²) in [5, 5.41) is 4.84. The second-order valence-electron chi connectivity index (χ2n) is 3.22. The molecule has 0 amide bonds. The summed E-state index contributed by atoms with van der Waals surface area (Å²) in [7, 11) is -3.68. The number of hydrogen-bond acceptors (Lipinski definition) is 4. The van der Waals surface area contributed by atoms with Gasteiger partial charge >= 0.3 is 0 Å². The summed E-state index contributed by atoms with van der Waals surface area (Å²) in [6.07, 6.45) is 3.79. The van der Waals surface area contributed by atoms with Gasteiger partial charge in [-0.05, 0) is 6.42 Å². The van der Waals surface area contributed by atoms with E-state index in [1.807, 2.05) is 0 Å². The van der Waals surface area contributed by atoms with Crippen molar-refractivity contribution < 1.29 is 13.2 Å². The van der Waals surface area contributed by atoms with Crippen molar-refractivity contribution in [2.24, 2.45) is 5.14 Å². The second-order valence-corrected chi connectivity index (χ2v) is 4.73. The van der Waals surface area contributed by atoms with Gasteiger partial charge in [-0.1, -0.05) is 0 Å². The van der Waals surface area contributed by atoms with Crippen molar-refractivity contribution in [1.82, 2.24) is 9.55 Å². The predicted octanol–water partition coefficient (Wildman–Crippen LogP) is -0.508. The molecule has 1 aromatic heterocycles. The molecule has 0 saturated carbocycles. The van der Waals surface area contributed by atoms with Crippen LogP contribution >= 0.6 is 0 Å². The topological polar surface area (TPSA) is 87.2 Å². The SMILES string of the molecule is NS(=O)(=O)c1cn(C2CCOC2)cn1. The molecule has 78 valence electrons. The van der Waals surface area contributed by atoms with Gasteiger partial charge in [-0.3, -0.25) is 0 Å². The van der Waals surface area contributed by atoms with Crippen molar-refractivity contribution in [3.05, 3.63) is 12.5 Å². The molecule has 6 nitrogen and oxygen atoms in total. The van der Waals surface area contributed by atoms with E-state index in [0.29, 0.717) is 13.2 Å². The summed E-state index contributed by atoms with van der Waals surface area (Å²) in [5.74, 6) is 0. The number of nitrogens with two attached hydrogens (primary N) is 1. The minimum Gasteiger partial charge on any atom is -0.379 e. The lowest BCUT2D eigenvalue weighted by atomic mass is 10.3. The zero-order valence-electron chi connectivity index (χ0n) is 7.46. The molecule has 1 atom stereocenters. The van der Waals surface area contributed by atoms with Crippen LogP contribution in [0.4, 0.5) is 0 Å². The van der Waals surface area contributed by atoms with E-state index in [4.69, 9.17) is 9.88 Å². The van der Waals surface area contributed by atoms with Crippen molar-refractivity contribution in [2.45, 2.75) is 17.5 Å². The highest BCUT2D eigenvalue weighted by atomic mass is 32.2. The number of ether oxygens (including phenoxy) is 1. The molecule has 0 spiro atoms. The van der Waals surface area contributed by atoms with E-state index in [1.165, 1.54) is 12.5 Å². The molecule has 14 heavy (non-hydrogen) atoms. The molecule has 7 heteroatoms. The fourth-order valence-corrected chi connectivity index (χ4v) is 1.88. The molecule has 1 fully saturated rings. The largest absolute Gasteiger partial charge is 0.379 e. The second kappa shape index (κ2) is 3.34. The molecule has 2 rings (SSSR count). The van der Waals surface area contributed by atoms with Crippen LogP contribution in [0.25, 0.3) is 0 Å². The van der Waals surface area contributed by atoms with Crippen LogP contribution in [-0.4, -0.2) is 31.2 Å². The Kier molecular flexibility index (Phi) is 2.30. The molecule has 1 aliphatic rings. The number of aromatic nitrogens is 2.